The fourth-order valence-corrected chi connectivity index (χ4v) is 3.69. The van der Waals surface area contributed by atoms with Gasteiger partial charge in [-0.3, -0.25) is 18.3 Å². The van der Waals surface area contributed by atoms with E-state index in [0.29, 0.717) is 29.9 Å². The number of aliphatic hydroxyl groups excluding tert-OH is 1. The lowest BCUT2D eigenvalue weighted by Crippen LogP contribution is -2.39. The van der Waals surface area contributed by atoms with E-state index >= 15 is 0 Å². The van der Waals surface area contributed by atoms with Crippen molar-refractivity contribution in [3.8, 4) is 0 Å². The Labute approximate surface area is 160 Å². The summed E-state index contributed by atoms with van der Waals surface area (Å²) < 4.78 is 6.37. The Morgan fingerprint density at radius 3 is 2.64 bits per heavy atom. The average molecular weight is 381 g/mol. The lowest BCUT2D eigenvalue weighted by Gasteiger charge is -2.08. The van der Waals surface area contributed by atoms with Gasteiger partial charge in [0.2, 0.25) is 5.78 Å². The van der Waals surface area contributed by atoms with Gasteiger partial charge in [0.25, 0.3) is 5.56 Å². The van der Waals surface area contributed by atoms with Crippen LogP contribution in [0.1, 0.15) is 23.2 Å². The molecule has 3 heterocycles. The second-order valence-corrected chi connectivity index (χ2v) is 7.18. The molecule has 0 spiro atoms. The first-order valence-corrected chi connectivity index (χ1v) is 9.26. The van der Waals surface area contributed by atoms with Gasteiger partial charge in [0, 0.05) is 32.1 Å². The highest BCUT2D eigenvalue weighted by Crippen LogP contribution is 2.16. The van der Waals surface area contributed by atoms with Crippen LogP contribution < -0.4 is 11.2 Å². The van der Waals surface area contributed by atoms with E-state index < -0.39 is 5.69 Å². The Hall–Kier alpha value is -3.13. The molecule has 0 aliphatic carbocycles. The van der Waals surface area contributed by atoms with Crippen LogP contribution in [0.5, 0.6) is 0 Å². The van der Waals surface area contributed by atoms with Crippen LogP contribution in [0.15, 0.2) is 40.1 Å². The van der Waals surface area contributed by atoms with Crippen molar-refractivity contribution < 1.29 is 5.11 Å². The van der Waals surface area contributed by atoms with Crippen LogP contribution in [-0.4, -0.2) is 34.8 Å². The zero-order valence-electron chi connectivity index (χ0n) is 16.2. The lowest BCUT2D eigenvalue weighted by molar-refractivity contribution is 0.280. The standard InChI is InChI=1S/C20H23N5O3/c1-13-6-4-7-15(10-13)12-25-18(27)16-17(22(3)20(25)28)21-19-23(8-5-9-26)14(2)11-24(16)19/h4,6-7,10-11,26H,5,8-9,12H2,1-3H3. The van der Waals surface area contributed by atoms with E-state index in [2.05, 4.69) is 4.98 Å². The minimum absolute atomic E-state index is 0.0752. The minimum Gasteiger partial charge on any atom is -0.396 e. The summed E-state index contributed by atoms with van der Waals surface area (Å²) in [4.78, 5) is 30.7. The molecule has 0 radical (unpaired) electrons. The number of nitrogens with zero attached hydrogens (tertiary/aromatic N) is 5. The molecule has 4 rings (SSSR count). The third-order valence-electron chi connectivity index (χ3n) is 5.10. The number of rotatable bonds is 5. The van der Waals surface area contributed by atoms with Crippen molar-refractivity contribution in [3.63, 3.8) is 0 Å². The van der Waals surface area contributed by atoms with E-state index in [0.717, 1.165) is 16.8 Å². The molecule has 0 amide bonds. The molecule has 1 aromatic carbocycles. The average Bonchev–Trinajstić information content (AvgIpc) is 3.17. The summed E-state index contributed by atoms with van der Waals surface area (Å²) in [5, 5.41) is 9.15. The number of hydrogen-bond acceptors (Lipinski definition) is 4. The molecule has 8 heteroatoms. The van der Waals surface area contributed by atoms with Gasteiger partial charge in [-0.05, 0) is 25.8 Å². The van der Waals surface area contributed by atoms with Gasteiger partial charge in [-0.25, -0.2) is 4.79 Å². The SMILES string of the molecule is Cc1cccc(Cn2c(=O)c3c(nc4n(CCCO)c(C)cn34)n(C)c2=O)c1. The van der Waals surface area contributed by atoms with Crippen LogP contribution in [0.3, 0.4) is 0 Å². The summed E-state index contributed by atoms with van der Waals surface area (Å²) in [6.07, 6.45) is 2.44. The molecule has 3 aromatic heterocycles. The van der Waals surface area contributed by atoms with E-state index in [9.17, 15) is 9.59 Å². The highest BCUT2D eigenvalue weighted by molar-refractivity contribution is 5.75. The number of aryl methyl sites for hydroxylation is 4. The van der Waals surface area contributed by atoms with E-state index in [4.69, 9.17) is 5.11 Å². The predicted octanol–water partition coefficient (Wildman–Crippen LogP) is 1.20. The van der Waals surface area contributed by atoms with E-state index in [-0.39, 0.29) is 18.7 Å². The van der Waals surface area contributed by atoms with E-state index in [1.54, 1.807) is 11.4 Å². The van der Waals surface area contributed by atoms with Gasteiger partial charge in [0.15, 0.2) is 11.2 Å². The molecule has 4 aromatic rings. The third kappa shape index (κ3) is 2.77. The van der Waals surface area contributed by atoms with E-state index in [1.807, 2.05) is 48.9 Å². The molecule has 28 heavy (non-hydrogen) atoms. The second-order valence-electron chi connectivity index (χ2n) is 7.18. The maximum Gasteiger partial charge on any atom is 0.332 e. The first kappa shape index (κ1) is 18.2. The summed E-state index contributed by atoms with van der Waals surface area (Å²) in [5.41, 5.74) is 2.92. The van der Waals surface area contributed by atoms with Crippen LogP contribution in [0, 0.1) is 13.8 Å². The summed E-state index contributed by atoms with van der Waals surface area (Å²) >= 11 is 0. The molecule has 0 saturated carbocycles. The number of aromatic nitrogens is 5. The van der Waals surface area contributed by atoms with Gasteiger partial charge in [-0.15, -0.1) is 0 Å². The molecule has 0 aliphatic heterocycles. The molecule has 0 bridgehead atoms. The quantitative estimate of drug-likeness (QED) is 0.563. The Morgan fingerprint density at radius 1 is 1.14 bits per heavy atom. The molecular formula is C20H23N5O3. The zero-order valence-corrected chi connectivity index (χ0v) is 16.2. The van der Waals surface area contributed by atoms with Crippen molar-refractivity contribution in [2.24, 2.45) is 7.05 Å². The highest BCUT2D eigenvalue weighted by atomic mass is 16.3. The summed E-state index contributed by atoms with van der Waals surface area (Å²) in [5.74, 6) is 0.598. The summed E-state index contributed by atoms with van der Waals surface area (Å²) in [6.45, 7) is 4.79. The Balaban J connectivity index is 1.97. The molecule has 146 valence electrons. The number of aliphatic hydroxyl groups is 1. The van der Waals surface area contributed by atoms with Crippen LogP contribution in [0.4, 0.5) is 0 Å². The van der Waals surface area contributed by atoms with Gasteiger partial charge in [0.05, 0.1) is 6.54 Å². The molecular weight excluding hydrogens is 358 g/mol. The van der Waals surface area contributed by atoms with Gasteiger partial charge in [-0.2, -0.15) is 4.98 Å². The van der Waals surface area contributed by atoms with Crippen LogP contribution in [0.25, 0.3) is 16.9 Å². The zero-order chi connectivity index (χ0) is 20.0. The Morgan fingerprint density at radius 2 is 1.93 bits per heavy atom. The summed E-state index contributed by atoms with van der Waals surface area (Å²) in [6, 6.07) is 7.77. The van der Waals surface area contributed by atoms with Crippen molar-refractivity contribution in [3.05, 3.63) is 68.1 Å². The van der Waals surface area contributed by atoms with Crippen molar-refractivity contribution in [2.45, 2.75) is 33.4 Å². The monoisotopic (exact) mass is 381 g/mol. The molecule has 0 fully saturated rings. The fourth-order valence-electron chi connectivity index (χ4n) is 3.69. The molecule has 0 unspecified atom stereocenters. The van der Waals surface area contributed by atoms with Crippen molar-refractivity contribution in [2.75, 3.05) is 6.61 Å². The van der Waals surface area contributed by atoms with Gasteiger partial charge in [0.1, 0.15) is 0 Å². The van der Waals surface area contributed by atoms with Gasteiger partial charge < -0.3 is 9.67 Å². The largest absolute Gasteiger partial charge is 0.396 e. The fraction of sp³-hybridized carbons (Fsp3) is 0.350. The highest BCUT2D eigenvalue weighted by Gasteiger charge is 2.20. The van der Waals surface area contributed by atoms with E-state index in [1.165, 1.54) is 9.13 Å². The lowest BCUT2D eigenvalue weighted by atomic mass is 10.1. The van der Waals surface area contributed by atoms with Crippen molar-refractivity contribution >= 4 is 16.9 Å². The smallest absolute Gasteiger partial charge is 0.332 e. The molecule has 0 atom stereocenters. The van der Waals surface area contributed by atoms with Gasteiger partial charge >= 0.3 is 5.69 Å². The maximum absolute atomic E-state index is 13.2. The summed E-state index contributed by atoms with van der Waals surface area (Å²) in [7, 11) is 1.63. The van der Waals surface area contributed by atoms with Crippen molar-refractivity contribution in [1.29, 1.82) is 0 Å². The topological polar surface area (TPSA) is 86.5 Å². The maximum atomic E-state index is 13.2. The molecule has 1 N–H and O–H groups in total. The molecule has 8 nitrogen and oxygen atoms in total. The minimum atomic E-state index is -0.390. The second kappa shape index (κ2) is 6.79. The third-order valence-corrected chi connectivity index (χ3v) is 5.10. The predicted molar refractivity (Wildman–Crippen MR) is 107 cm³/mol. The first-order valence-electron chi connectivity index (χ1n) is 9.26. The van der Waals surface area contributed by atoms with Crippen LogP contribution in [0.2, 0.25) is 0 Å². The Kier molecular flexibility index (Phi) is 4.43. The van der Waals surface area contributed by atoms with Crippen LogP contribution in [-0.2, 0) is 20.1 Å². The Bertz CT molecular complexity index is 1310. The van der Waals surface area contributed by atoms with Gasteiger partial charge in [-0.1, -0.05) is 29.8 Å². The number of fused-ring (bicyclic) bond motifs is 3. The normalized spacial score (nSPS) is 11.7. The molecule has 0 aliphatic rings. The number of benzene rings is 1. The molecule has 0 saturated heterocycles. The number of hydrogen-bond donors (Lipinski definition) is 1. The van der Waals surface area contributed by atoms with Crippen molar-refractivity contribution in [1.82, 2.24) is 23.1 Å². The van der Waals surface area contributed by atoms with Crippen LogP contribution >= 0.6 is 0 Å². The first-order chi connectivity index (χ1) is 13.4. The number of imidazole rings is 2.